The molecule has 0 saturated heterocycles. The molecule has 82 valence electrons. The van der Waals surface area contributed by atoms with E-state index in [0.717, 1.165) is 0 Å². The number of fused-ring (bicyclic) bond motifs is 1. The fourth-order valence-corrected chi connectivity index (χ4v) is 2.30. The minimum absolute atomic E-state index is 0.436. The van der Waals surface area contributed by atoms with E-state index >= 15 is 0 Å². The van der Waals surface area contributed by atoms with Crippen LogP contribution in [0.1, 0.15) is 25.3 Å². The molecule has 0 amide bonds. The first kappa shape index (κ1) is 10.9. The first-order valence-electron chi connectivity index (χ1n) is 5.84. The summed E-state index contributed by atoms with van der Waals surface area (Å²) in [7, 11) is 0. The first-order chi connectivity index (χ1) is 7.74. The van der Waals surface area contributed by atoms with Gasteiger partial charge in [-0.15, -0.1) is 6.58 Å². The maximum atomic E-state index is 3.97. The zero-order valence-corrected chi connectivity index (χ0v) is 9.98. The predicted molar refractivity (Wildman–Crippen MR) is 71.7 cm³/mol. The van der Waals surface area contributed by atoms with Gasteiger partial charge in [-0.3, -0.25) is 0 Å². The number of benzene rings is 2. The van der Waals surface area contributed by atoms with Crippen molar-refractivity contribution in [3.63, 3.8) is 0 Å². The van der Waals surface area contributed by atoms with Gasteiger partial charge in [0.2, 0.25) is 0 Å². The van der Waals surface area contributed by atoms with Crippen molar-refractivity contribution in [3.05, 3.63) is 60.7 Å². The van der Waals surface area contributed by atoms with E-state index in [1.165, 1.54) is 16.3 Å². The van der Waals surface area contributed by atoms with E-state index in [0.29, 0.717) is 11.8 Å². The van der Waals surface area contributed by atoms with Gasteiger partial charge in [0.05, 0.1) is 0 Å². The molecule has 0 aliphatic heterocycles. The molecule has 0 nitrogen and oxygen atoms in total. The number of hydrogen-bond donors (Lipinski definition) is 0. The van der Waals surface area contributed by atoms with Crippen molar-refractivity contribution in [2.45, 2.75) is 19.8 Å². The van der Waals surface area contributed by atoms with Crippen molar-refractivity contribution in [1.82, 2.24) is 0 Å². The fraction of sp³-hybridized carbons (Fsp3) is 0.250. The molecule has 0 heterocycles. The van der Waals surface area contributed by atoms with Crippen molar-refractivity contribution in [2.24, 2.45) is 5.92 Å². The maximum Gasteiger partial charge on any atom is 0.00444 e. The summed E-state index contributed by atoms with van der Waals surface area (Å²) in [5.74, 6) is 1.02. The molecule has 0 heteroatoms. The smallest absolute Gasteiger partial charge is 0.00444 e. The summed E-state index contributed by atoms with van der Waals surface area (Å²) in [5.41, 5.74) is 1.39. The molecule has 0 aliphatic rings. The number of hydrogen-bond acceptors (Lipinski definition) is 0. The lowest BCUT2D eigenvalue weighted by Crippen LogP contribution is -2.03. The summed E-state index contributed by atoms with van der Waals surface area (Å²) >= 11 is 0. The summed E-state index contributed by atoms with van der Waals surface area (Å²) in [6, 6.07) is 15.1. The van der Waals surface area contributed by atoms with Gasteiger partial charge in [0.15, 0.2) is 0 Å². The third-order valence-electron chi connectivity index (χ3n) is 3.15. The summed E-state index contributed by atoms with van der Waals surface area (Å²) in [6.45, 7) is 8.45. The van der Waals surface area contributed by atoms with Crippen LogP contribution in [0.5, 0.6) is 0 Å². The molecular formula is C16H18. The third-order valence-corrected chi connectivity index (χ3v) is 3.15. The highest BCUT2D eigenvalue weighted by Crippen LogP contribution is 2.31. The van der Waals surface area contributed by atoms with Gasteiger partial charge in [-0.2, -0.15) is 0 Å². The summed E-state index contributed by atoms with van der Waals surface area (Å²) < 4.78 is 0. The van der Waals surface area contributed by atoms with Crippen molar-refractivity contribution in [3.8, 4) is 0 Å². The van der Waals surface area contributed by atoms with E-state index in [1.54, 1.807) is 0 Å². The van der Waals surface area contributed by atoms with Gasteiger partial charge in [-0.05, 0) is 22.3 Å². The van der Waals surface area contributed by atoms with Crippen molar-refractivity contribution in [1.29, 1.82) is 0 Å². The molecule has 2 aromatic carbocycles. The molecule has 0 N–H and O–H groups in total. The Balaban J connectivity index is 2.63. The molecule has 0 unspecified atom stereocenters. The molecule has 0 radical (unpaired) electrons. The third kappa shape index (κ3) is 1.88. The van der Waals surface area contributed by atoms with Gasteiger partial charge in [-0.1, -0.05) is 62.4 Å². The second-order valence-electron chi connectivity index (χ2n) is 4.57. The molecule has 1 atom stereocenters. The molecule has 0 aromatic heterocycles. The summed E-state index contributed by atoms with van der Waals surface area (Å²) in [4.78, 5) is 0. The normalized spacial score (nSPS) is 12.9. The Bertz CT molecular complexity index is 489. The van der Waals surface area contributed by atoms with E-state index < -0.39 is 0 Å². The van der Waals surface area contributed by atoms with Gasteiger partial charge in [0.1, 0.15) is 0 Å². The van der Waals surface area contributed by atoms with Crippen LogP contribution >= 0.6 is 0 Å². The molecule has 2 rings (SSSR count). The van der Waals surface area contributed by atoms with Gasteiger partial charge in [-0.25, -0.2) is 0 Å². The Labute approximate surface area is 97.6 Å². The average Bonchev–Trinajstić information content (AvgIpc) is 2.30. The van der Waals surface area contributed by atoms with Gasteiger partial charge in [0, 0.05) is 5.92 Å². The van der Waals surface area contributed by atoms with E-state index in [9.17, 15) is 0 Å². The minimum atomic E-state index is 0.436. The van der Waals surface area contributed by atoms with Crippen molar-refractivity contribution in [2.75, 3.05) is 0 Å². The molecule has 0 aliphatic carbocycles. The Morgan fingerprint density at radius 2 is 1.69 bits per heavy atom. The van der Waals surface area contributed by atoms with E-state index in [2.05, 4.69) is 69.0 Å². The average molecular weight is 210 g/mol. The molecule has 0 saturated carbocycles. The van der Waals surface area contributed by atoms with Crippen LogP contribution in [0.15, 0.2) is 55.1 Å². The SMILES string of the molecule is C=C[C@@H](c1cccc2ccccc12)C(C)C. The molecule has 16 heavy (non-hydrogen) atoms. The molecule has 0 bridgehead atoms. The van der Waals surface area contributed by atoms with Crippen LogP contribution in [0.3, 0.4) is 0 Å². The van der Waals surface area contributed by atoms with Gasteiger partial charge in [0.25, 0.3) is 0 Å². The van der Waals surface area contributed by atoms with Crippen molar-refractivity contribution < 1.29 is 0 Å². The topological polar surface area (TPSA) is 0 Å². The highest BCUT2D eigenvalue weighted by Gasteiger charge is 2.13. The van der Waals surface area contributed by atoms with E-state index in [1.807, 2.05) is 0 Å². The number of allylic oxidation sites excluding steroid dienone is 1. The van der Waals surface area contributed by atoms with Crippen LogP contribution in [0, 0.1) is 5.92 Å². The zero-order chi connectivity index (χ0) is 11.5. The van der Waals surface area contributed by atoms with E-state index in [-0.39, 0.29) is 0 Å². The summed E-state index contributed by atoms with van der Waals surface area (Å²) in [6.07, 6.45) is 2.06. The molecule has 0 fully saturated rings. The minimum Gasteiger partial charge on any atom is -0.102 e. The second-order valence-corrected chi connectivity index (χ2v) is 4.57. The largest absolute Gasteiger partial charge is 0.102 e. The van der Waals surface area contributed by atoms with Crippen LogP contribution in [-0.2, 0) is 0 Å². The lowest BCUT2D eigenvalue weighted by atomic mass is 9.86. The zero-order valence-electron chi connectivity index (χ0n) is 9.98. The molecule has 2 aromatic rings. The highest BCUT2D eigenvalue weighted by atomic mass is 14.2. The Kier molecular flexibility index (Phi) is 3.09. The summed E-state index contributed by atoms with van der Waals surface area (Å²) in [5, 5.41) is 2.66. The highest BCUT2D eigenvalue weighted by molar-refractivity contribution is 5.86. The number of rotatable bonds is 3. The van der Waals surface area contributed by atoms with Crippen LogP contribution in [0.4, 0.5) is 0 Å². The molecular weight excluding hydrogens is 192 g/mol. The Morgan fingerprint density at radius 3 is 2.38 bits per heavy atom. The lowest BCUT2D eigenvalue weighted by molar-refractivity contribution is 0.582. The maximum absolute atomic E-state index is 3.97. The fourth-order valence-electron chi connectivity index (χ4n) is 2.30. The van der Waals surface area contributed by atoms with Crippen LogP contribution < -0.4 is 0 Å². The molecule has 0 spiro atoms. The van der Waals surface area contributed by atoms with Gasteiger partial charge < -0.3 is 0 Å². The lowest BCUT2D eigenvalue weighted by Gasteiger charge is -2.19. The first-order valence-corrected chi connectivity index (χ1v) is 5.84. The monoisotopic (exact) mass is 210 g/mol. The Morgan fingerprint density at radius 1 is 1.00 bits per heavy atom. The predicted octanol–water partition coefficient (Wildman–Crippen LogP) is 4.77. The van der Waals surface area contributed by atoms with Crippen LogP contribution in [0.25, 0.3) is 10.8 Å². The van der Waals surface area contributed by atoms with Crippen LogP contribution in [-0.4, -0.2) is 0 Å². The standard InChI is InChI=1S/C16H18/c1-4-14(12(2)3)16-11-7-9-13-8-5-6-10-15(13)16/h4-12,14H,1H2,2-3H3/t14-/m1/s1. The quantitative estimate of drug-likeness (QED) is 0.640. The second kappa shape index (κ2) is 4.52. The van der Waals surface area contributed by atoms with Crippen molar-refractivity contribution >= 4 is 10.8 Å². The van der Waals surface area contributed by atoms with E-state index in [4.69, 9.17) is 0 Å². The Hall–Kier alpha value is -1.56. The van der Waals surface area contributed by atoms with Crippen LogP contribution in [0.2, 0.25) is 0 Å². The van der Waals surface area contributed by atoms with Gasteiger partial charge >= 0.3 is 0 Å².